The van der Waals surface area contributed by atoms with Crippen LogP contribution in [0.4, 0.5) is 5.13 Å². The van der Waals surface area contributed by atoms with Crippen LogP contribution in [0.2, 0.25) is 0 Å². The lowest BCUT2D eigenvalue weighted by Gasteiger charge is -2.17. The topological polar surface area (TPSA) is 64.1 Å². The first-order valence-electron chi connectivity index (χ1n) is 9.68. The van der Waals surface area contributed by atoms with Gasteiger partial charge in [-0.3, -0.25) is 10.1 Å². The van der Waals surface area contributed by atoms with Crippen LogP contribution in [0.1, 0.15) is 18.9 Å². The molecule has 1 heterocycles. The van der Waals surface area contributed by atoms with Crippen LogP contribution in [0, 0.1) is 0 Å². The molecule has 4 rings (SSSR count). The summed E-state index contributed by atoms with van der Waals surface area (Å²) in [7, 11) is 0. The maximum Gasteiger partial charge on any atom is 0.267 e. The second kappa shape index (κ2) is 9.73. The van der Waals surface area contributed by atoms with Crippen LogP contribution in [-0.4, -0.2) is 22.2 Å². The number of rotatable bonds is 8. The fourth-order valence-electron chi connectivity index (χ4n) is 3.00. The van der Waals surface area contributed by atoms with Crippen molar-refractivity contribution >= 4 is 44.9 Å². The van der Waals surface area contributed by atoms with Crippen LogP contribution in [0.15, 0.2) is 77.1 Å². The van der Waals surface area contributed by atoms with Gasteiger partial charge >= 0.3 is 0 Å². The highest BCUT2D eigenvalue weighted by molar-refractivity contribution is 8.00. The third-order valence-electron chi connectivity index (χ3n) is 4.52. The van der Waals surface area contributed by atoms with Gasteiger partial charge in [0, 0.05) is 11.1 Å². The number of benzene rings is 3. The molecule has 0 unspecified atom stereocenters. The summed E-state index contributed by atoms with van der Waals surface area (Å²) in [5.41, 5.74) is 1.22. The minimum absolute atomic E-state index is 0.221. The summed E-state index contributed by atoms with van der Waals surface area (Å²) in [6.45, 7) is 1.93. The molecule has 0 saturated carbocycles. The highest BCUT2D eigenvalue weighted by atomic mass is 32.2. The van der Waals surface area contributed by atoms with E-state index >= 15 is 0 Å². The fourth-order valence-corrected chi connectivity index (χ4v) is 4.71. The molecule has 1 atom stereocenters. The number of nitrogens with one attached hydrogen (secondary N) is 1. The number of hydrogen-bond acceptors (Lipinski definition) is 6. The minimum atomic E-state index is -0.611. The Morgan fingerprint density at radius 1 is 1.03 bits per heavy atom. The van der Waals surface area contributed by atoms with E-state index in [0.29, 0.717) is 17.3 Å². The van der Waals surface area contributed by atoms with Gasteiger partial charge in [-0.2, -0.15) is 0 Å². The second-order valence-electron chi connectivity index (χ2n) is 6.63. The third-order valence-corrected chi connectivity index (χ3v) is 6.57. The van der Waals surface area contributed by atoms with Gasteiger partial charge in [0.2, 0.25) is 5.13 Å². The fraction of sp³-hybridized carbons (Fsp3) is 0.174. The Kier molecular flexibility index (Phi) is 6.61. The quantitative estimate of drug-likeness (QED) is 0.281. The summed E-state index contributed by atoms with van der Waals surface area (Å²) >= 11 is 2.97. The molecular weight excluding hydrogens is 414 g/mol. The number of aromatic nitrogens is 2. The molecule has 3 aromatic carbocycles. The lowest BCUT2D eigenvalue weighted by molar-refractivity contribution is -0.122. The Morgan fingerprint density at radius 2 is 1.80 bits per heavy atom. The molecule has 0 bridgehead atoms. The van der Waals surface area contributed by atoms with Gasteiger partial charge in [-0.15, -0.1) is 10.2 Å². The molecule has 7 heteroatoms. The number of fused-ring (bicyclic) bond motifs is 1. The van der Waals surface area contributed by atoms with Crippen molar-refractivity contribution in [3.8, 4) is 5.75 Å². The van der Waals surface area contributed by atoms with Gasteiger partial charge in [-0.1, -0.05) is 96.8 Å². The van der Waals surface area contributed by atoms with Crippen molar-refractivity contribution in [3.63, 3.8) is 0 Å². The van der Waals surface area contributed by atoms with Gasteiger partial charge < -0.3 is 4.74 Å². The molecule has 0 aliphatic heterocycles. The number of carbonyl (C=O) groups is 1. The van der Waals surface area contributed by atoms with Crippen molar-refractivity contribution in [3.05, 3.63) is 78.4 Å². The van der Waals surface area contributed by atoms with E-state index in [9.17, 15) is 4.79 Å². The average molecular weight is 436 g/mol. The zero-order chi connectivity index (χ0) is 20.8. The molecule has 4 aromatic rings. The number of thioether (sulfide) groups is 1. The molecule has 0 spiro atoms. The first-order valence-corrected chi connectivity index (χ1v) is 11.5. The Balaban J connectivity index is 1.39. The van der Waals surface area contributed by atoms with Crippen LogP contribution in [0.3, 0.4) is 0 Å². The van der Waals surface area contributed by atoms with Gasteiger partial charge in [0.15, 0.2) is 10.4 Å². The van der Waals surface area contributed by atoms with Crippen LogP contribution in [-0.2, 0) is 10.5 Å². The van der Waals surface area contributed by atoms with Crippen molar-refractivity contribution in [2.45, 2.75) is 29.5 Å². The highest BCUT2D eigenvalue weighted by Gasteiger charge is 2.21. The van der Waals surface area contributed by atoms with Crippen molar-refractivity contribution in [2.24, 2.45) is 0 Å². The molecule has 0 aliphatic rings. The van der Waals surface area contributed by atoms with Crippen molar-refractivity contribution in [1.29, 1.82) is 0 Å². The SMILES string of the molecule is CC[C@@H](Oc1cccc2ccccc12)C(=O)Nc1nnc(SCc2ccccc2)s1. The van der Waals surface area contributed by atoms with E-state index in [1.165, 1.54) is 16.9 Å². The predicted molar refractivity (Wildman–Crippen MR) is 123 cm³/mol. The zero-order valence-electron chi connectivity index (χ0n) is 16.4. The molecule has 0 saturated heterocycles. The Bertz CT molecular complexity index is 1130. The van der Waals surface area contributed by atoms with E-state index in [-0.39, 0.29) is 5.91 Å². The van der Waals surface area contributed by atoms with Gasteiger partial charge in [0.1, 0.15) is 5.75 Å². The number of anilines is 1. The normalized spacial score (nSPS) is 11.9. The second-order valence-corrected chi connectivity index (χ2v) is 8.83. The third kappa shape index (κ3) is 4.98. The molecule has 0 radical (unpaired) electrons. The predicted octanol–water partition coefficient (Wildman–Crippen LogP) is 5.78. The maximum atomic E-state index is 12.8. The minimum Gasteiger partial charge on any atom is -0.480 e. The van der Waals surface area contributed by atoms with Crippen molar-refractivity contribution in [2.75, 3.05) is 5.32 Å². The zero-order valence-corrected chi connectivity index (χ0v) is 18.1. The maximum absolute atomic E-state index is 12.8. The van der Waals surface area contributed by atoms with Crippen LogP contribution in [0.5, 0.6) is 5.75 Å². The lowest BCUT2D eigenvalue weighted by atomic mass is 10.1. The van der Waals surface area contributed by atoms with Gasteiger partial charge in [0.25, 0.3) is 5.91 Å². The molecule has 0 aliphatic carbocycles. The average Bonchev–Trinajstić information content (AvgIpc) is 3.24. The Morgan fingerprint density at radius 3 is 2.63 bits per heavy atom. The van der Waals surface area contributed by atoms with E-state index in [2.05, 4.69) is 27.6 Å². The summed E-state index contributed by atoms with van der Waals surface area (Å²) in [6.07, 6.45) is -0.0659. The van der Waals surface area contributed by atoms with E-state index < -0.39 is 6.10 Å². The lowest BCUT2D eigenvalue weighted by Crippen LogP contribution is -2.32. The molecule has 5 nitrogen and oxygen atoms in total. The number of carbonyl (C=O) groups excluding carboxylic acids is 1. The van der Waals surface area contributed by atoms with E-state index in [0.717, 1.165) is 20.9 Å². The van der Waals surface area contributed by atoms with Gasteiger partial charge in [0.05, 0.1) is 0 Å². The molecule has 1 aromatic heterocycles. The smallest absolute Gasteiger partial charge is 0.267 e. The van der Waals surface area contributed by atoms with E-state index in [1.807, 2.05) is 67.6 Å². The van der Waals surface area contributed by atoms with Crippen molar-refractivity contribution in [1.82, 2.24) is 10.2 Å². The molecular formula is C23H21N3O2S2. The van der Waals surface area contributed by atoms with Gasteiger partial charge in [-0.25, -0.2) is 0 Å². The summed E-state index contributed by atoms with van der Waals surface area (Å²) in [5, 5.41) is 13.7. The van der Waals surface area contributed by atoms with E-state index in [1.54, 1.807) is 11.8 Å². The van der Waals surface area contributed by atoms with Crippen LogP contribution in [0.25, 0.3) is 10.8 Å². The monoisotopic (exact) mass is 435 g/mol. The number of ether oxygens (including phenoxy) is 1. The molecule has 0 fully saturated rings. The summed E-state index contributed by atoms with van der Waals surface area (Å²) in [5.74, 6) is 1.29. The first-order chi connectivity index (χ1) is 14.7. The largest absolute Gasteiger partial charge is 0.480 e. The Labute approximate surface area is 183 Å². The van der Waals surface area contributed by atoms with E-state index in [4.69, 9.17) is 4.74 Å². The summed E-state index contributed by atoms with van der Waals surface area (Å²) < 4.78 is 6.88. The number of hydrogen-bond donors (Lipinski definition) is 1. The molecule has 1 N–H and O–H groups in total. The van der Waals surface area contributed by atoms with Crippen molar-refractivity contribution < 1.29 is 9.53 Å². The highest BCUT2D eigenvalue weighted by Crippen LogP contribution is 2.29. The van der Waals surface area contributed by atoms with Crippen LogP contribution < -0.4 is 10.1 Å². The van der Waals surface area contributed by atoms with Crippen LogP contribution >= 0.6 is 23.1 Å². The number of nitrogens with zero attached hydrogens (tertiary/aromatic N) is 2. The molecule has 152 valence electrons. The summed E-state index contributed by atoms with van der Waals surface area (Å²) in [4.78, 5) is 12.8. The summed E-state index contributed by atoms with van der Waals surface area (Å²) in [6, 6.07) is 24.0. The molecule has 30 heavy (non-hydrogen) atoms. The Hall–Kier alpha value is -2.90. The standard InChI is InChI=1S/C23H21N3O2S2/c1-2-19(28-20-14-8-12-17-11-6-7-13-18(17)20)21(27)24-22-25-26-23(30-22)29-15-16-9-4-3-5-10-16/h3-14,19H,2,15H2,1H3,(H,24,25,27)/t19-/m1/s1. The molecule has 1 amide bonds. The first kappa shape index (κ1) is 20.4. The number of amides is 1. The van der Waals surface area contributed by atoms with Gasteiger partial charge in [-0.05, 0) is 23.4 Å².